The summed E-state index contributed by atoms with van der Waals surface area (Å²) in [6, 6.07) is 13.6. The van der Waals surface area contributed by atoms with Gasteiger partial charge in [-0.2, -0.15) is 8.61 Å². The van der Waals surface area contributed by atoms with Crippen LogP contribution in [0.3, 0.4) is 0 Å². The first-order chi connectivity index (χ1) is 14.2. The lowest BCUT2D eigenvalue weighted by molar-refractivity contribution is 0.477. The molecule has 0 aliphatic carbocycles. The molecule has 2 aromatic rings. The number of aryl methyl sites for hydroxylation is 2. The Balaban J connectivity index is 1.45. The molecule has 0 spiro atoms. The highest BCUT2D eigenvalue weighted by Crippen LogP contribution is 2.29. The van der Waals surface area contributed by atoms with Crippen LogP contribution in [0.2, 0.25) is 0 Å². The maximum atomic E-state index is 12.9. The standard InChI is InChI=1S/C22H24N2O4S2/c1-17-3-7-21(8-4-17)29(25,26)23-13-11-19(15-23)20-12-14-24(16-20)30(27,28)22-9-5-18(2)6-10-22/h3-12H,13-16H2,1-2H3. The van der Waals surface area contributed by atoms with Crippen molar-refractivity contribution in [1.29, 1.82) is 0 Å². The van der Waals surface area contributed by atoms with Crippen molar-refractivity contribution in [3.63, 3.8) is 0 Å². The molecular weight excluding hydrogens is 420 g/mol. The highest BCUT2D eigenvalue weighted by molar-refractivity contribution is 7.89. The second-order valence-electron chi connectivity index (χ2n) is 7.68. The number of sulfonamides is 2. The molecule has 0 saturated heterocycles. The molecule has 0 unspecified atom stereocenters. The Morgan fingerprint density at radius 1 is 0.600 bits per heavy atom. The molecule has 0 aromatic heterocycles. The van der Waals surface area contributed by atoms with Gasteiger partial charge in [-0.15, -0.1) is 0 Å². The second kappa shape index (κ2) is 7.77. The number of hydrogen-bond donors (Lipinski definition) is 0. The average molecular weight is 445 g/mol. The van der Waals surface area contributed by atoms with Crippen LogP contribution < -0.4 is 0 Å². The third kappa shape index (κ3) is 3.88. The van der Waals surface area contributed by atoms with E-state index in [-0.39, 0.29) is 36.0 Å². The molecular formula is C22H24N2O4S2. The van der Waals surface area contributed by atoms with Gasteiger partial charge < -0.3 is 0 Å². The van der Waals surface area contributed by atoms with Gasteiger partial charge in [-0.1, -0.05) is 47.5 Å². The van der Waals surface area contributed by atoms with E-state index in [0.29, 0.717) is 0 Å². The molecule has 2 aliphatic heterocycles. The Kier molecular flexibility index (Phi) is 5.44. The molecule has 0 radical (unpaired) electrons. The molecule has 4 rings (SSSR count). The molecule has 8 heteroatoms. The van der Waals surface area contributed by atoms with Gasteiger partial charge in [0.1, 0.15) is 0 Å². The highest BCUT2D eigenvalue weighted by atomic mass is 32.2. The Morgan fingerprint density at radius 2 is 0.933 bits per heavy atom. The smallest absolute Gasteiger partial charge is 0.207 e. The number of nitrogens with zero attached hydrogens (tertiary/aromatic N) is 2. The Bertz CT molecular complexity index is 1130. The van der Waals surface area contributed by atoms with Crippen molar-refractivity contribution >= 4 is 20.0 Å². The predicted molar refractivity (Wildman–Crippen MR) is 116 cm³/mol. The van der Waals surface area contributed by atoms with Gasteiger partial charge >= 0.3 is 0 Å². The van der Waals surface area contributed by atoms with Crippen molar-refractivity contribution < 1.29 is 16.8 Å². The number of hydrogen-bond acceptors (Lipinski definition) is 4. The average Bonchev–Trinajstić information content (AvgIpc) is 3.39. The molecule has 2 heterocycles. The lowest BCUT2D eigenvalue weighted by Gasteiger charge is -2.18. The van der Waals surface area contributed by atoms with Gasteiger partial charge in [0.25, 0.3) is 0 Å². The van der Waals surface area contributed by atoms with Crippen molar-refractivity contribution in [1.82, 2.24) is 8.61 Å². The summed E-state index contributed by atoms with van der Waals surface area (Å²) in [4.78, 5) is 0.540. The molecule has 0 fully saturated rings. The summed E-state index contributed by atoms with van der Waals surface area (Å²) in [6.45, 7) is 4.89. The fraction of sp³-hybridized carbons (Fsp3) is 0.273. The van der Waals surface area contributed by atoms with E-state index >= 15 is 0 Å². The van der Waals surface area contributed by atoms with E-state index in [4.69, 9.17) is 0 Å². The molecule has 30 heavy (non-hydrogen) atoms. The Morgan fingerprint density at radius 3 is 1.27 bits per heavy atom. The molecule has 0 N–H and O–H groups in total. The van der Waals surface area contributed by atoms with Crippen molar-refractivity contribution in [3.05, 3.63) is 83.0 Å². The van der Waals surface area contributed by atoms with Crippen molar-refractivity contribution in [2.75, 3.05) is 26.2 Å². The molecule has 0 atom stereocenters. The lowest BCUT2D eigenvalue weighted by atomic mass is 10.1. The van der Waals surface area contributed by atoms with Gasteiger partial charge in [0, 0.05) is 26.2 Å². The Labute approximate surface area is 178 Å². The van der Waals surface area contributed by atoms with Crippen LogP contribution in [0.4, 0.5) is 0 Å². The third-order valence-electron chi connectivity index (χ3n) is 5.51. The van der Waals surface area contributed by atoms with Crippen LogP contribution >= 0.6 is 0 Å². The maximum Gasteiger partial charge on any atom is 0.243 e. The van der Waals surface area contributed by atoms with Crippen LogP contribution in [0.15, 0.2) is 81.6 Å². The summed E-state index contributed by atoms with van der Waals surface area (Å²) >= 11 is 0. The summed E-state index contributed by atoms with van der Waals surface area (Å²) in [5.41, 5.74) is 3.74. The zero-order chi connectivity index (χ0) is 21.5. The first-order valence-electron chi connectivity index (χ1n) is 9.70. The maximum absolute atomic E-state index is 12.9. The monoisotopic (exact) mass is 444 g/mol. The molecule has 0 bridgehead atoms. The minimum absolute atomic E-state index is 0.250. The van der Waals surface area contributed by atoms with Crippen LogP contribution in [0.5, 0.6) is 0 Å². The normalized spacial score (nSPS) is 18.5. The van der Waals surface area contributed by atoms with Crippen LogP contribution in [-0.4, -0.2) is 51.6 Å². The first-order valence-corrected chi connectivity index (χ1v) is 12.6. The molecule has 2 aromatic carbocycles. The van der Waals surface area contributed by atoms with E-state index in [1.54, 1.807) is 48.5 Å². The SMILES string of the molecule is Cc1ccc(S(=O)(=O)N2CC=C(C3=CCN(S(=O)(=O)c4ccc(C)cc4)C3)C2)cc1. The number of rotatable bonds is 5. The van der Waals surface area contributed by atoms with Crippen molar-refractivity contribution in [2.24, 2.45) is 0 Å². The van der Waals surface area contributed by atoms with E-state index in [9.17, 15) is 16.8 Å². The van der Waals surface area contributed by atoms with Gasteiger partial charge in [-0.3, -0.25) is 0 Å². The van der Waals surface area contributed by atoms with E-state index in [1.807, 2.05) is 26.0 Å². The zero-order valence-electron chi connectivity index (χ0n) is 16.9. The summed E-state index contributed by atoms with van der Waals surface area (Å²) in [5, 5.41) is 0. The molecule has 0 amide bonds. The lowest BCUT2D eigenvalue weighted by Crippen LogP contribution is -2.30. The van der Waals surface area contributed by atoms with E-state index in [1.165, 1.54) is 8.61 Å². The molecule has 6 nitrogen and oxygen atoms in total. The summed E-state index contributed by atoms with van der Waals surface area (Å²) < 4.78 is 54.5. The van der Waals surface area contributed by atoms with Crippen LogP contribution in [0, 0.1) is 13.8 Å². The second-order valence-corrected chi connectivity index (χ2v) is 11.6. The van der Waals surface area contributed by atoms with Crippen LogP contribution in [0.1, 0.15) is 11.1 Å². The minimum Gasteiger partial charge on any atom is -0.207 e. The molecule has 0 saturated carbocycles. The van der Waals surface area contributed by atoms with Crippen LogP contribution in [-0.2, 0) is 20.0 Å². The summed E-state index contributed by atoms with van der Waals surface area (Å²) in [6.07, 6.45) is 3.75. The third-order valence-corrected chi connectivity index (χ3v) is 9.16. The quantitative estimate of drug-likeness (QED) is 0.711. The van der Waals surface area contributed by atoms with Crippen LogP contribution in [0.25, 0.3) is 0 Å². The predicted octanol–water partition coefficient (Wildman–Crippen LogP) is 2.87. The fourth-order valence-electron chi connectivity index (χ4n) is 3.61. The van der Waals surface area contributed by atoms with Gasteiger partial charge in [-0.25, -0.2) is 16.8 Å². The van der Waals surface area contributed by atoms with Crippen molar-refractivity contribution in [3.8, 4) is 0 Å². The van der Waals surface area contributed by atoms with Crippen molar-refractivity contribution in [2.45, 2.75) is 23.6 Å². The van der Waals surface area contributed by atoms with Gasteiger partial charge in [0.05, 0.1) is 9.79 Å². The fourth-order valence-corrected chi connectivity index (χ4v) is 6.33. The number of benzene rings is 2. The Hall–Kier alpha value is -2.26. The van der Waals surface area contributed by atoms with Gasteiger partial charge in [-0.05, 0) is 49.3 Å². The van der Waals surface area contributed by atoms with E-state index in [0.717, 1.165) is 22.3 Å². The molecule has 158 valence electrons. The van der Waals surface area contributed by atoms with E-state index in [2.05, 4.69) is 0 Å². The highest BCUT2D eigenvalue weighted by Gasteiger charge is 2.33. The van der Waals surface area contributed by atoms with E-state index < -0.39 is 20.0 Å². The summed E-state index contributed by atoms with van der Waals surface area (Å²) in [5.74, 6) is 0. The van der Waals surface area contributed by atoms with Gasteiger partial charge in [0.15, 0.2) is 0 Å². The summed E-state index contributed by atoms with van der Waals surface area (Å²) in [7, 11) is -7.17. The first kappa shape index (κ1) is 21.0. The topological polar surface area (TPSA) is 74.8 Å². The molecule has 2 aliphatic rings. The zero-order valence-corrected chi connectivity index (χ0v) is 18.6. The largest absolute Gasteiger partial charge is 0.243 e. The van der Waals surface area contributed by atoms with Gasteiger partial charge in [0.2, 0.25) is 20.0 Å². The minimum atomic E-state index is -3.58.